The fourth-order valence-electron chi connectivity index (χ4n) is 11.7. The fraction of sp³-hybridized carbons (Fsp3) is 0.631. The normalized spacial score (nSPS) is 19.7. The SMILES string of the molecule is CC[C@H](C)[C@@H]([C@@H](CC(=O)N1CCC[C@H]1[C@H](OC)[C@@H](C)C(=O)N[C@H](C)[C@@H](O)c1ccccc1)OC)N(C)C(=O)[C@@H](NC(=O)[C@H](C(C)C)N(C)C(=O)OCc1ccc(OC(=O)NC(CN(C)C(=O)OC2/C=C/CCCCC2)C(=O)ON2C(=O)CCC2=O)cc1)C(C)C. The molecule has 2 aromatic rings. The predicted molar refractivity (Wildman–Crippen MR) is 330 cm³/mol. The molecule has 4 N–H and O–H groups in total. The number of benzene rings is 2. The number of nitrogens with one attached hydrogen (secondary N) is 3. The molecule has 2 heterocycles. The van der Waals surface area contributed by atoms with E-state index in [1.165, 1.54) is 57.5 Å². The molecule has 2 saturated heterocycles. The number of imide groups is 1. The number of hydroxylamine groups is 2. The monoisotopic (exact) mass is 1260 g/mol. The van der Waals surface area contributed by atoms with Crippen LogP contribution < -0.4 is 20.7 Å². The van der Waals surface area contributed by atoms with Crippen LogP contribution in [0.3, 0.4) is 0 Å². The van der Waals surface area contributed by atoms with Gasteiger partial charge in [-0.05, 0) is 92.5 Å². The van der Waals surface area contributed by atoms with Crippen LogP contribution in [0, 0.1) is 23.7 Å². The van der Waals surface area contributed by atoms with Gasteiger partial charge in [-0.1, -0.05) is 110 Å². The maximum atomic E-state index is 14.8. The van der Waals surface area contributed by atoms with E-state index in [1.807, 2.05) is 44.2 Å². The lowest BCUT2D eigenvalue weighted by atomic mass is 9.89. The number of nitrogens with zero attached hydrogens (tertiary/aromatic N) is 5. The molecule has 0 bridgehead atoms. The number of aliphatic hydroxyl groups excluding tert-OH is 1. The largest absolute Gasteiger partial charge is 0.445 e. The number of hydrogen-bond acceptors (Lipinski definition) is 17. The van der Waals surface area contributed by atoms with Gasteiger partial charge in [0.05, 0.1) is 55.3 Å². The number of allylic oxidation sites excluding steroid dienone is 1. The van der Waals surface area contributed by atoms with Crippen LogP contribution in [0.2, 0.25) is 0 Å². The summed E-state index contributed by atoms with van der Waals surface area (Å²) in [6.07, 6.45) is 3.81. The topological polar surface area (TPSA) is 299 Å². The highest BCUT2D eigenvalue weighted by Crippen LogP contribution is 2.31. The average molecular weight is 1260 g/mol. The number of carbonyl (C=O) groups is 10. The van der Waals surface area contributed by atoms with Gasteiger partial charge in [-0.2, -0.15) is 0 Å². The molecule has 498 valence electrons. The van der Waals surface area contributed by atoms with Crippen LogP contribution in [-0.4, -0.2) is 192 Å². The van der Waals surface area contributed by atoms with Crippen molar-refractivity contribution >= 4 is 59.7 Å². The molecule has 12 atom stereocenters. The molecule has 25 heteroatoms. The third-order valence-corrected chi connectivity index (χ3v) is 17.1. The van der Waals surface area contributed by atoms with Gasteiger partial charge in [-0.3, -0.25) is 33.7 Å². The average Bonchev–Trinajstić information content (AvgIpc) is 1.50. The summed E-state index contributed by atoms with van der Waals surface area (Å²) in [5.74, 6) is -6.08. The van der Waals surface area contributed by atoms with Gasteiger partial charge in [0.2, 0.25) is 23.6 Å². The van der Waals surface area contributed by atoms with Gasteiger partial charge in [0, 0.05) is 54.7 Å². The van der Waals surface area contributed by atoms with Crippen LogP contribution in [0.15, 0.2) is 66.7 Å². The third-order valence-electron chi connectivity index (χ3n) is 17.1. The zero-order chi connectivity index (χ0) is 66.5. The molecule has 2 aliphatic heterocycles. The minimum atomic E-state index is -1.63. The Balaban J connectivity index is 1.19. The molecule has 3 aliphatic rings. The molecule has 1 aliphatic carbocycles. The Bertz CT molecular complexity index is 2770. The Labute approximate surface area is 529 Å². The zero-order valence-corrected chi connectivity index (χ0v) is 54.5. The van der Waals surface area contributed by atoms with E-state index in [0.717, 1.165) is 35.5 Å². The Morgan fingerprint density at radius 3 is 2.02 bits per heavy atom. The zero-order valence-electron chi connectivity index (χ0n) is 54.5. The highest BCUT2D eigenvalue weighted by Gasteiger charge is 2.44. The minimum Gasteiger partial charge on any atom is -0.445 e. The number of ether oxygens (including phenoxy) is 5. The summed E-state index contributed by atoms with van der Waals surface area (Å²) in [4.78, 5) is 146. The van der Waals surface area contributed by atoms with E-state index < -0.39 is 133 Å². The van der Waals surface area contributed by atoms with Crippen molar-refractivity contribution in [3.63, 3.8) is 0 Å². The van der Waals surface area contributed by atoms with Gasteiger partial charge in [0.1, 0.15) is 36.6 Å². The second kappa shape index (κ2) is 35.1. The van der Waals surface area contributed by atoms with Crippen molar-refractivity contribution in [1.82, 2.24) is 40.6 Å². The standard InChI is InChI=1S/C65H96N8O17/c1-14-41(6)56(50(85-12)36-53(76)72-35-23-28-49(72)58(86-13)42(7)59(78)66-43(8)57(77)45-24-19-18-20-25-45)70(10)61(80)54(39(2)3)68-60(79)55(40(4)5)71(11)65(84)87-38-44-29-31-47(32-30-44)88-63(82)67-48(62(81)90-73-51(74)33-34-52(73)75)37-69(9)64(83)89-46-26-21-16-15-17-22-27-46/h18-21,24-26,29-32,39-43,46,48-50,54-58,77H,14-17,22-23,27-28,33-38H2,1-13H3,(H,66,78)(H,67,82)(H,68,79)/b26-21+/t41-,42+,43+,46?,48?,49-,50+,54-,55-,56-,57+,58+/m0/s1. The summed E-state index contributed by atoms with van der Waals surface area (Å²) in [7, 11) is 7.39. The van der Waals surface area contributed by atoms with E-state index in [-0.39, 0.29) is 49.4 Å². The summed E-state index contributed by atoms with van der Waals surface area (Å²) in [6.45, 7) is 14.2. The second-order valence-electron chi connectivity index (χ2n) is 24.4. The summed E-state index contributed by atoms with van der Waals surface area (Å²) < 4.78 is 28.7. The van der Waals surface area contributed by atoms with Crippen molar-refractivity contribution in [3.05, 3.63) is 77.9 Å². The number of carbonyl (C=O) groups excluding carboxylic acids is 10. The van der Waals surface area contributed by atoms with Crippen LogP contribution >= 0.6 is 0 Å². The smallest absolute Gasteiger partial charge is 0.413 e. The van der Waals surface area contributed by atoms with Gasteiger partial charge in [-0.15, -0.1) is 5.06 Å². The summed E-state index contributed by atoms with van der Waals surface area (Å²) in [6, 6.07) is 9.37. The van der Waals surface area contributed by atoms with Crippen molar-refractivity contribution in [1.29, 1.82) is 0 Å². The maximum Gasteiger partial charge on any atom is 0.413 e. The molecule has 25 nitrogen and oxygen atoms in total. The molecule has 2 fully saturated rings. The van der Waals surface area contributed by atoms with Crippen LogP contribution in [0.25, 0.3) is 0 Å². The van der Waals surface area contributed by atoms with Gasteiger partial charge in [-0.25, -0.2) is 19.2 Å². The van der Waals surface area contributed by atoms with Crippen LogP contribution in [0.5, 0.6) is 5.75 Å². The van der Waals surface area contributed by atoms with Crippen molar-refractivity contribution in [2.75, 3.05) is 48.5 Å². The Kier molecular flexibility index (Phi) is 28.5. The quantitative estimate of drug-likeness (QED) is 0.0492. The number of hydrogen-bond donors (Lipinski definition) is 4. The van der Waals surface area contributed by atoms with E-state index >= 15 is 0 Å². The summed E-state index contributed by atoms with van der Waals surface area (Å²) >= 11 is 0. The van der Waals surface area contributed by atoms with Gasteiger partial charge in [0.15, 0.2) is 0 Å². The lowest BCUT2D eigenvalue weighted by molar-refractivity contribution is -0.199. The van der Waals surface area contributed by atoms with Crippen molar-refractivity contribution in [2.24, 2.45) is 23.7 Å². The van der Waals surface area contributed by atoms with E-state index in [2.05, 4.69) is 16.0 Å². The summed E-state index contributed by atoms with van der Waals surface area (Å²) in [5, 5.41) is 19.5. The fourth-order valence-corrected chi connectivity index (χ4v) is 11.7. The molecular formula is C65H96N8O17. The van der Waals surface area contributed by atoms with E-state index in [1.54, 1.807) is 65.6 Å². The first-order chi connectivity index (χ1) is 42.7. The first-order valence-corrected chi connectivity index (χ1v) is 31.3. The van der Waals surface area contributed by atoms with Crippen molar-refractivity contribution in [2.45, 2.75) is 193 Å². The Morgan fingerprint density at radius 1 is 0.744 bits per heavy atom. The molecule has 5 rings (SSSR count). The number of rotatable bonds is 29. The number of likely N-dealkylation sites (tertiary alicyclic amines) is 1. The van der Waals surface area contributed by atoms with Gasteiger partial charge in [0.25, 0.3) is 11.8 Å². The Hall–Kier alpha value is -7.64. The molecule has 9 amide bonds. The number of methoxy groups -OCH3 is 2. The first kappa shape index (κ1) is 73.1. The highest BCUT2D eigenvalue weighted by molar-refractivity contribution is 6.02. The van der Waals surface area contributed by atoms with Crippen LogP contribution in [0.4, 0.5) is 14.4 Å². The van der Waals surface area contributed by atoms with Gasteiger partial charge >= 0.3 is 24.2 Å². The number of amides is 9. The molecular weight excluding hydrogens is 1160 g/mol. The number of aliphatic hydroxyl groups is 1. The van der Waals surface area contributed by atoms with Crippen LogP contribution in [-0.2, 0) is 64.0 Å². The molecule has 90 heavy (non-hydrogen) atoms. The maximum absolute atomic E-state index is 14.8. The molecule has 2 unspecified atom stereocenters. The third kappa shape index (κ3) is 20.2. The molecule has 0 saturated carbocycles. The molecule has 0 spiro atoms. The predicted octanol–water partition coefficient (Wildman–Crippen LogP) is 6.60. The highest BCUT2D eigenvalue weighted by atomic mass is 16.7. The minimum absolute atomic E-state index is 0.00672. The van der Waals surface area contributed by atoms with Crippen LogP contribution in [0.1, 0.15) is 143 Å². The van der Waals surface area contributed by atoms with E-state index in [9.17, 15) is 53.1 Å². The van der Waals surface area contributed by atoms with Gasteiger partial charge < -0.3 is 64.3 Å². The molecule has 0 radical (unpaired) electrons. The second-order valence-corrected chi connectivity index (χ2v) is 24.4. The summed E-state index contributed by atoms with van der Waals surface area (Å²) in [5.41, 5.74) is 1.12. The first-order valence-electron chi connectivity index (χ1n) is 31.3. The number of likely N-dealkylation sites (N-methyl/N-ethyl adjacent to an activating group) is 3. The van der Waals surface area contributed by atoms with E-state index in [0.29, 0.717) is 48.4 Å². The molecule has 0 aromatic heterocycles. The lowest BCUT2D eigenvalue weighted by Gasteiger charge is -2.41. The Morgan fingerprint density at radius 2 is 1.41 bits per heavy atom. The van der Waals surface area contributed by atoms with Crippen molar-refractivity contribution in [3.8, 4) is 5.75 Å². The lowest BCUT2D eigenvalue weighted by Crippen LogP contribution is -2.60. The molecule has 2 aromatic carbocycles. The van der Waals surface area contributed by atoms with E-state index in [4.69, 9.17) is 28.5 Å². The van der Waals surface area contributed by atoms with Crippen molar-refractivity contribution < 1.29 is 81.6 Å².